The fourth-order valence-electron chi connectivity index (χ4n) is 3.01. The Bertz CT molecular complexity index is 532. The van der Waals surface area contributed by atoms with Crippen molar-refractivity contribution >= 4 is 19.9 Å². The van der Waals surface area contributed by atoms with Crippen LogP contribution in [0.3, 0.4) is 0 Å². The molecule has 118 valence electrons. The van der Waals surface area contributed by atoms with Gasteiger partial charge in [-0.25, -0.2) is 16.8 Å². The topological polar surface area (TPSA) is 80.8 Å². The molecule has 0 unspecified atom stereocenters. The Morgan fingerprint density at radius 3 is 2.35 bits per heavy atom. The highest BCUT2D eigenvalue weighted by atomic mass is 32.2. The number of ether oxygens (including phenoxy) is 1. The monoisotopic (exact) mass is 325 g/mol. The van der Waals surface area contributed by atoms with E-state index in [2.05, 4.69) is 0 Å². The molecule has 3 atom stereocenters. The lowest BCUT2D eigenvalue weighted by Crippen LogP contribution is -2.49. The molecule has 2 rings (SSSR count). The van der Waals surface area contributed by atoms with E-state index in [0.29, 0.717) is 25.9 Å². The first-order valence-corrected chi connectivity index (χ1v) is 10.4. The van der Waals surface area contributed by atoms with E-state index in [1.54, 1.807) is 0 Å². The second kappa shape index (κ2) is 5.90. The molecule has 2 saturated heterocycles. The predicted molar refractivity (Wildman–Crippen MR) is 76.7 cm³/mol. The van der Waals surface area contributed by atoms with Crippen LogP contribution in [0, 0.1) is 5.92 Å². The summed E-state index contributed by atoms with van der Waals surface area (Å²) in [5.74, 6) is -0.144. The van der Waals surface area contributed by atoms with Crippen molar-refractivity contribution in [1.29, 1.82) is 0 Å². The average Bonchev–Trinajstić information content (AvgIpc) is 2.25. The highest BCUT2D eigenvalue weighted by Gasteiger charge is 2.35. The van der Waals surface area contributed by atoms with E-state index in [9.17, 15) is 16.8 Å². The third-order valence-electron chi connectivity index (χ3n) is 3.78. The van der Waals surface area contributed by atoms with Crippen LogP contribution >= 0.6 is 0 Å². The predicted octanol–water partition coefficient (Wildman–Crippen LogP) is 0.250. The van der Waals surface area contributed by atoms with Crippen LogP contribution in [0.25, 0.3) is 0 Å². The number of rotatable bonds is 3. The third kappa shape index (κ3) is 4.16. The molecule has 0 aliphatic carbocycles. The van der Waals surface area contributed by atoms with E-state index >= 15 is 0 Å². The fraction of sp³-hybridized carbons (Fsp3) is 1.00. The van der Waals surface area contributed by atoms with E-state index in [4.69, 9.17) is 4.74 Å². The molecule has 2 aliphatic heterocycles. The first-order chi connectivity index (χ1) is 9.18. The van der Waals surface area contributed by atoms with Gasteiger partial charge in [-0.1, -0.05) is 0 Å². The first-order valence-electron chi connectivity index (χ1n) is 7.02. The van der Waals surface area contributed by atoms with Gasteiger partial charge in [-0.05, 0) is 32.6 Å². The molecule has 0 aromatic heterocycles. The molecule has 0 aromatic carbocycles. The van der Waals surface area contributed by atoms with Crippen LogP contribution in [-0.4, -0.2) is 63.7 Å². The standard InChI is InChI=1S/C12H23NO5S2/c1-10-6-13(7-11(2)18-10)20(16,17)9-12-4-3-5-19(14,15)8-12/h10-12H,3-9H2,1-2H3/t10-,11+,12-/m0/s1. The lowest BCUT2D eigenvalue weighted by molar-refractivity contribution is -0.0441. The van der Waals surface area contributed by atoms with Gasteiger partial charge in [-0.2, -0.15) is 4.31 Å². The van der Waals surface area contributed by atoms with Gasteiger partial charge in [0.05, 0.1) is 29.5 Å². The Morgan fingerprint density at radius 1 is 1.20 bits per heavy atom. The third-order valence-corrected chi connectivity index (χ3v) is 7.65. The zero-order valence-corrected chi connectivity index (χ0v) is 13.6. The molecule has 6 nitrogen and oxygen atoms in total. The zero-order valence-electron chi connectivity index (χ0n) is 12.0. The summed E-state index contributed by atoms with van der Waals surface area (Å²) in [4.78, 5) is 0. The summed E-state index contributed by atoms with van der Waals surface area (Å²) in [6, 6.07) is 0. The van der Waals surface area contributed by atoms with E-state index in [-0.39, 0.29) is 35.4 Å². The Balaban J connectivity index is 2.03. The summed E-state index contributed by atoms with van der Waals surface area (Å²) in [6.45, 7) is 4.41. The molecule has 0 N–H and O–H groups in total. The lowest BCUT2D eigenvalue weighted by atomic mass is 10.1. The maximum Gasteiger partial charge on any atom is 0.214 e. The summed E-state index contributed by atoms with van der Waals surface area (Å²) in [5.41, 5.74) is 0. The van der Waals surface area contributed by atoms with Gasteiger partial charge in [0.2, 0.25) is 10.0 Å². The van der Waals surface area contributed by atoms with Gasteiger partial charge in [0.25, 0.3) is 0 Å². The van der Waals surface area contributed by atoms with Crippen LogP contribution in [0.2, 0.25) is 0 Å². The lowest BCUT2D eigenvalue weighted by Gasteiger charge is -2.35. The van der Waals surface area contributed by atoms with E-state index in [1.807, 2.05) is 13.8 Å². The summed E-state index contributed by atoms with van der Waals surface area (Å²) in [5, 5.41) is 0. The number of hydrogen-bond donors (Lipinski definition) is 0. The molecule has 2 heterocycles. The number of morpholine rings is 1. The molecule has 2 aliphatic rings. The Hall–Kier alpha value is -0.180. The fourth-order valence-corrected chi connectivity index (χ4v) is 6.90. The van der Waals surface area contributed by atoms with Gasteiger partial charge in [0.1, 0.15) is 0 Å². The van der Waals surface area contributed by atoms with Gasteiger partial charge in [-0.15, -0.1) is 0 Å². The van der Waals surface area contributed by atoms with Crippen LogP contribution in [0.4, 0.5) is 0 Å². The van der Waals surface area contributed by atoms with Crippen molar-refractivity contribution in [2.75, 3.05) is 30.3 Å². The maximum absolute atomic E-state index is 12.4. The summed E-state index contributed by atoms with van der Waals surface area (Å²) < 4.78 is 55.0. The van der Waals surface area contributed by atoms with E-state index < -0.39 is 19.9 Å². The summed E-state index contributed by atoms with van der Waals surface area (Å²) >= 11 is 0. The molecule has 20 heavy (non-hydrogen) atoms. The van der Waals surface area contributed by atoms with Gasteiger partial charge < -0.3 is 4.74 Å². The van der Waals surface area contributed by atoms with Crippen LogP contribution in [-0.2, 0) is 24.6 Å². The minimum Gasteiger partial charge on any atom is -0.373 e. The first kappa shape index (κ1) is 16.2. The Morgan fingerprint density at radius 2 is 1.80 bits per heavy atom. The molecule has 2 fully saturated rings. The Labute approximate surface area is 121 Å². The quantitative estimate of drug-likeness (QED) is 0.743. The van der Waals surface area contributed by atoms with Gasteiger partial charge in [0, 0.05) is 13.1 Å². The van der Waals surface area contributed by atoms with Crippen molar-refractivity contribution in [2.45, 2.75) is 38.9 Å². The average molecular weight is 325 g/mol. The highest BCUT2D eigenvalue weighted by molar-refractivity contribution is 7.91. The van der Waals surface area contributed by atoms with Gasteiger partial charge in [0.15, 0.2) is 9.84 Å². The second-order valence-corrected chi connectivity index (χ2v) is 10.2. The van der Waals surface area contributed by atoms with Crippen LogP contribution in [0.5, 0.6) is 0 Å². The van der Waals surface area contributed by atoms with Crippen molar-refractivity contribution in [3.05, 3.63) is 0 Å². The molecular formula is C12H23NO5S2. The smallest absolute Gasteiger partial charge is 0.214 e. The summed E-state index contributed by atoms with van der Waals surface area (Å²) in [7, 11) is -6.47. The number of sulfonamides is 1. The van der Waals surface area contributed by atoms with Crippen molar-refractivity contribution in [2.24, 2.45) is 5.92 Å². The number of nitrogens with zero attached hydrogens (tertiary/aromatic N) is 1. The van der Waals surface area contributed by atoms with E-state index in [0.717, 1.165) is 0 Å². The highest BCUT2D eigenvalue weighted by Crippen LogP contribution is 2.23. The SMILES string of the molecule is C[C@@H]1CN(S(=O)(=O)C[C@H]2CCCS(=O)(=O)C2)C[C@H](C)O1. The summed E-state index contributed by atoms with van der Waals surface area (Å²) in [6.07, 6.45) is 0.999. The molecule has 0 amide bonds. The number of sulfone groups is 1. The van der Waals surface area contributed by atoms with Crippen molar-refractivity contribution < 1.29 is 21.6 Å². The molecule has 0 aromatic rings. The molecule has 0 radical (unpaired) electrons. The van der Waals surface area contributed by atoms with Crippen molar-refractivity contribution in [1.82, 2.24) is 4.31 Å². The molecular weight excluding hydrogens is 302 g/mol. The number of hydrogen-bond acceptors (Lipinski definition) is 5. The van der Waals surface area contributed by atoms with Crippen molar-refractivity contribution in [3.63, 3.8) is 0 Å². The largest absolute Gasteiger partial charge is 0.373 e. The van der Waals surface area contributed by atoms with Crippen molar-refractivity contribution in [3.8, 4) is 0 Å². The van der Waals surface area contributed by atoms with Gasteiger partial charge in [-0.3, -0.25) is 0 Å². The zero-order chi connectivity index (χ0) is 15.0. The second-order valence-electron chi connectivity index (χ2n) is 5.98. The minimum absolute atomic E-state index is 0.00166. The van der Waals surface area contributed by atoms with Crippen LogP contribution in [0.1, 0.15) is 26.7 Å². The van der Waals surface area contributed by atoms with E-state index in [1.165, 1.54) is 4.31 Å². The van der Waals surface area contributed by atoms with Crippen LogP contribution in [0.15, 0.2) is 0 Å². The van der Waals surface area contributed by atoms with Crippen LogP contribution < -0.4 is 0 Å². The molecule has 0 bridgehead atoms. The molecule has 0 saturated carbocycles. The normalized spacial score (nSPS) is 35.8. The maximum atomic E-state index is 12.4. The Kier molecular flexibility index (Phi) is 4.78. The minimum atomic E-state index is -3.41. The molecule has 8 heteroatoms. The van der Waals surface area contributed by atoms with Gasteiger partial charge >= 0.3 is 0 Å². The molecule has 0 spiro atoms.